The average Bonchev–Trinajstić information content (AvgIpc) is 2.65. The molecule has 0 aliphatic heterocycles. The fourth-order valence-electron chi connectivity index (χ4n) is 2.41. The molecule has 3 aromatic rings. The molecule has 1 aromatic heterocycles. The highest BCUT2D eigenvalue weighted by Gasteiger charge is 2.10. The molecule has 0 aliphatic rings. The SMILES string of the molecule is CC(=O)Nc1ccc(NC(=O)c2cc(Nc3ccc(F)cc3F)ccn2)cc1. The summed E-state index contributed by atoms with van der Waals surface area (Å²) in [6.45, 7) is 1.40. The van der Waals surface area contributed by atoms with Crippen LogP contribution in [0.2, 0.25) is 0 Å². The minimum atomic E-state index is -0.748. The predicted octanol–water partition coefficient (Wildman–Crippen LogP) is 4.31. The summed E-state index contributed by atoms with van der Waals surface area (Å²) in [6, 6.07) is 12.7. The van der Waals surface area contributed by atoms with Crippen LogP contribution in [-0.2, 0) is 4.79 Å². The Labute approximate surface area is 159 Å². The largest absolute Gasteiger partial charge is 0.353 e. The number of nitrogens with zero attached hydrogens (tertiary/aromatic N) is 1. The van der Waals surface area contributed by atoms with Gasteiger partial charge < -0.3 is 16.0 Å². The molecule has 0 unspecified atom stereocenters. The molecule has 0 bridgehead atoms. The van der Waals surface area contributed by atoms with E-state index in [2.05, 4.69) is 20.9 Å². The minimum absolute atomic E-state index is 0.0764. The molecule has 2 amide bonds. The molecular formula is C20H16F2N4O2. The lowest BCUT2D eigenvalue weighted by molar-refractivity contribution is -0.114. The monoisotopic (exact) mass is 382 g/mol. The number of pyridine rings is 1. The highest BCUT2D eigenvalue weighted by atomic mass is 19.1. The second-order valence-electron chi connectivity index (χ2n) is 5.89. The molecule has 142 valence electrons. The average molecular weight is 382 g/mol. The van der Waals surface area contributed by atoms with E-state index in [0.29, 0.717) is 17.1 Å². The lowest BCUT2D eigenvalue weighted by Crippen LogP contribution is -2.14. The molecule has 0 atom stereocenters. The van der Waals surface area contributed by atoms with Crippen molar-refractivity contribution < 1.29 is 18.4 Å². The van der Waals surface area contributed by atoms with Crippen LogP contribution >= 0.6 is 0 Å². The summed E-state index contributed by atoms with van der Waals surface area (Å²) in [7, 11) is 0. The number of anilines is 4. The van der Waals surface area contributed by atoms with Gasteiger partial charge in [0.05, 0.1) is 5.69 Å². The first-order valence-electron chi connectivity index (χ1n) is 8.28. The van der Waals surface area contributed by atoms with Gasteiger partial charge in [-0.15, -0.1) is 0 Å². The van der Waals surface area contributed by atoms with E-state index in [0.717, 1.165) is 12.1 Å². The summed E-state index contributed by atoms with van der Waals surface area (Å²) in [5, 5.41) is 8.09. The zero-order chi connectivity index (χ0) is 20.1. The Balaban J connectivity index is 1.70. The van der Waals surface area contributed by atoms with Crippen molar-refractivity contribution in [3.8, 4) is 0 Å². The van der Waals surface area contributed by atoms with Crippen molar-refractivity contribution >= 4 is 34.6 Å². The van der Waals surface area contributed by atoms with Crippen LogP contribution in [0.25, 0.3) is 0 Å². The third-order valence-corrected chi connectivity index (χ3v) is 3.67. The van der Waals surface area contributed by atoms with E-state index in [1.54, 1.807) is 30.3 Å². The Morgan fingerprint density at radius 2 is 1.54 bits per heavy atom. The summed E-state index contributed by atoms with van der Waals surface area (Å²) in [5.74, 6) is -2.08. The van der Waals surface area contributed by atoms with E-state index in [-0.39, 0.29) is 17.3 Å². The molecule has 8 heteroatoms. The third-order valence-electron chi connectivity index (χ3n) is 3.67. The van der Waals surface area contributed by atoms with Crippen LogP contribution in [0.5, 0.6) is 0 Å². The molecule has 0 saturated carbocycles. The molecule has 0 saturated heterocycles. The van der Waals surface area contributed by atoms with E-state index in [4.69, 9.17) is 0 Å². The quantitative estimate of drug-likeness (QED) is 0.614. The highest BCUT2D eigenvalue weighted by molar-refractivity contribution is 6.03. The molecule has 1 heterocycles. The summed E-state index contributed by atoms with van der Waals surface area (Å²) in [6.07, 6.45) is 1.40. The van der Waals surface area contributed by atoms with E-state index in [9.17, 15) is 18.4 Å². The number of hydrogen-bond donors (Lipinski definition) is 3. The first-order chi connectivity index (χ1) is 13.4. The number of benzene rings is 2. The second-order valence-corrected chi connectivity index (χ2v) is 5.89. The van der Waals surface area contributed by atoms with Gasteiger partial charge in [0.2, 0.25) is 5.91 Å². The number of carbonyl (C=O) groups excluding carboxylic acids is 2. The Kier molecular flexibility index (Phi) is 5.59. The number of rotatable bonds is 5. The first-order valence-corrected chi connectivity index (χ1v) is 8.28. The van der Waals surface area contributed by atoms with Crippen LogP contribution in [0.3, 0.4) is 0 Å². The maximum Gasteiger partial charge on any atom is 0.274 e. The van der Waals surface area contributed by atoms with Crippen LogP contribution in [0, 0.1) is 11.6 Å². The van der Waals surface area contributed by atoms with Crippen LogP contribution in [0.4, 0.5) is 31.5 Å². The zero-order valence-corrected chi connectivity index (χ0v) is 14.8. The lowest BCUT2D eigenvalue weighted by atomic mass is 10.2. The summed E-state index contributed by atoms with van der Waals surface area (Å²) in [4.78, 5) is 27.4. The topological polar surface area (TPSA) is 83.1 Å². The van der Waals surface area contributed by atoms with Crippen molar-refractivity contribution in [2.75, 3.05) is 16.0 Å². The Hall–Kier alpha value is -3.81. The normalized spacial score (nSPS) is 10.2. The van der Waals surface area contributed by atoms with Gasteiger partial charge in [0.15, 0.2) is 0 Å². The zero-order valence-electron chi connectivity index (χ0n) is 14.8. The molecule has 6 nitrogen and oxygen atoms in total. The van der Waals surface area contributed by atoms with Gasteiger partial charge in [-0.2, -0.15) is 0 Å². The van der Waals surface area contributed by atoms with Crippen molar-refractivity contribution in [1.29, 1.82) is 0 Å². The Bertz CT molecular complexity index is 1020. The smallest absolute Gasteiger partial charge is 0.274 e. The van der Waals surface area contributed by atoms with Gasteiger partial charge in [0, 0.05) is 36.2 Å². The van der Waals surface area contributed by atoms with Gasteiger partial charge in [0.25, 0.3) is 5.91 Å². The maximum atomic E-state index is 13.8. The lowest BCUT2D eigenvalue weighted by Gasteiger charge is -2.10. The number of hydrogen-bond acceptors (Lipinski definition) is 4. The van der Waals surface area contributed by atoms with Gasteiger partial charge in [-0.05, 0) is 48.5 Å². The molecule has 3 N–H and O–H groups in total. The van der Waals surface area contributed by atoms with Crippen molar-refractivity contribution in [1.82, 2.24) is 4.98 Å². The van der Waals surface area contributed by atoms with Gasteiger partial charge in [-0.25, -0.2) is 8.78 Å². The van der Waals surface area contributed by atoms with E-state index in [1.807, 2.05) is 0 Å². The van der Waals surface area contributed by atoms with Crippen LogP contribution in [-0.4, -0.2) is 16.8 Å². The van der Waals surface area contributed by atoms with Gasteiger partial charge in [-0.3, -0.25) is 14.6 Å². The summed E-state index contributed by atoms with van der Waals surface area (Å²) in [5.41, 5.74) is 1.73. The predicted molar refractivity (Wildman–Crippen MR) is 103 cm³/mol. The number of amides is 2. The van der Waals surface area contributed by atoms with E-state index < -0.39 is 17.5 Å². The minimum Gasteiger partial charge on any atom is -0.353 e. The van der Waals surface area contributed by atoms with Crippen molar-refractivity contribution in [2.24, 2.45) is 0 Å². The maximum absolute atomic E-state index is 13.8. The molecular weight excluding hydrogens is 366 g/mol. The van der Waals surface area contributed by atoms with Crippen molar-refractivity contribution in [3.63, 3.8) is 0 Å². The fraction of sp³-hybridized carbons (Fsp3) is 0.0500. The number of halogens is 2. The molecule has 0 aliphatic carbocycles. The molecule has 28 heavy (non-hydrogen) atoms. The third kappa shape index (κ3) is 4.88. The Morgan fingerprint density at radius 3 is 2.18 bits per heavy atom. The summed E-state index contributed by atoms with van der Waals surface area (Å²) < 4.78 is 26.8. The standard InChI is InChI=1S/C20H16F2N4O2/c1-12(27)24-14-3-5-15(6-4-14)26-20(28)19-11-16(8-9-23-19)25-18-7-2-13(21)10-17(18)22/h2-11H,1H3,(H,23,25)(H,24,27)(H,26,28). The number of aromatic nitrogens is 1. The molecule has 3 rings (SSSR count). The number of carbonyl (C=O) groups is 2. The fourth-order valence-corrected chi connectivity index (χ4v) is 2.41. The second kappa shape index (κ2) is 8.26. The molecule has 2 aromatic carbocycles. The van der Waals surface area contributed by atoms with Gasteiger partial charge in [-0.1, -0.05) is 0 Å². The van der Waals surface area contributed by atoms with Crippen molar-refractivity contribution in [2.45, 2.75) is 6.92 Å². The van der Waals surface area contributed by atoms with Crippen LogP contribution in [0.15, 0.2) is 60.8 Å². The van der Waals surface area contributed by atoms with Gasteiger partial charge in [0.1, 0.15) is 17.3 Å². The van der Waals surface area contributed by atoms with Crippen molar-refractivity contribution in [3.05, 3.63) is 78.1 Å². The molecule has 0 fully saturated rings. The highest BCUT2D eigenvalue weighted by Crippen LogP contribution is 2.21. The van der Waals surface area contributed by atoms with Crippen LogP contribution < -0.4 is 16.0 Å². The van der Waals surface area contributed by atoms with E-state index >= 15 is 0 Å². The Morgan fingerprint density at radius 1 is 0.857 bits per heavy atom. The van der Waals surface area contributed by atoms with Crippen LogP contribution in [0.1, 0.15) is 17.4 Å². The molecule has 0 spiro atoms. The first kappa shape index (κ1) is 19.0. The molecule has 0 radical (unpaired) electrons. The summed E-state index contributed by atoms with van der Waals surface area (Å²) >= 11 is 0. The van der Waals surface area contributed by atoms with E-state index in [1.165, 1.54) is 25.3 Å². The van der Waals surface area contributed by atoms with Gasteiger partial charge >= 0.3 is 0 Å². The number of nitrogens with one attached hydrogen (secondary N) is 3.